The maximum absolute atomic E-state index is 12.4. The van der Waals surface area contributed by atoms with Gasteiger partial charge in [0.15, 0.2) is 6.61 Å². The topological polar surface area (TPSA) is 102 Å². The first kappa shape index (κ1) is 24.0. The van der Waals surface area contributed by atoms with Gasteiger partial charge >= 0.3 is 11.9 Å². The van der Waals surface area contributed by atoms with E-state index in [1.807, 2.05) is 37.3 Å². The van der Waals surface area contributed by atoms with Gasteiger partial charge in [0.1, 0.15) is 0 Å². The van der Waals surface area contributed by atoms with Crippen molar-refractivity contribution in [3.05, 3.63) is 65.7 Å². The highest BCUT2D eigenvalue weighted by molar-refractivity contribution is 6.00. The van der Waals surface area contributed by atoms with Gasteiger partial charge in [-0.15, -0.1) is 0 Å². The number of nitrogens with one attached hydrogen (secondary N) is 1. The second-order valence-electron chi connectivity index (χ2n) is 8.21. The summed E-state index contributed by atoms with van der Waals surface area (Å²) in [6.07, 6.45) is -0.231. The molecule has 0 spiro atoms. The van der Waals surface area contributed by atoms with Gasteiger partial charge in [0, 0.05) is 18.7 Å². The number of rotatable bonds is 8. The van der Waals surface area contributed by atoms with E-state index in [0.29, 0.717) is 11.3 Å². The minimum atomic E-state index is -0.664. The summed E-state index contributed by atoms with van der Waals surface area (Å²) in [4.78, 5) is 50.5. The minimum Gasteiger partial charge on any atom is -0.459 e. The molecule has 1 fully saturated rings. The molecule has 1 heterocycles. The van der Waals surface area contributed by atoms with Crippen LogP contribution in [0.15, 0.2) is 54.6 Å². The molecule has 174 valence electrons. The third kappa shape index (κ3) is 6.41. The second kappa shape index (κ2) is 10.8. The molecule has 2 amide bonds. The predicted octanol–water partition coefficient (Wildman–Crippen LogP) is 3.03. The number of carbonyl (C=O) groups excluding carboxylic acids is 4. The predicted molar refractivity (Wildman–Crippen MR) is 121 cm³/mol. The molecule has 0 unspecified atom stereocenters. The normalized spacial score (nSPS) is 16.4. The van der Waals surface area contributed by atoms with E-state index in [4.69, 9.17) is 9.47 Å². The van der Waals surface area contributed by atoms with Crippen LogP contribution in [0.3, 0.4) is 0 Å². The average Bonchev–Trinajstić information content (AvgIpc) is 3.19. The van der Waals surface area contributed by atoms with Crippen molar-refractivity contribution in [3.8, 4) is 0 Å². The van der Waals surface area contributed by atoms with E-state index < -0.39 is 30.4 Å². The number of nitrogens with zero attached hydrogens (tertiary/aromatic N) is 1. The first-order valence-corrected chi connectivity index (χ1v) is 10.9. The Labute approximate surface area is 192 Å². The summed E-state index contributed by atoms with van der Waals surface area (Å²) in [5.41, 5.74) is 1.90. The average molecular weight is 453 g/mol. The molecule has 2 atom stereocenters. The highest BCUT2D eigenvalue weighted by Crippen LogP contribution is 2.26. The molecular formula is C25H28N2O6. The third-order valence-corrected chi connectivity index (χ3v) is 5.24. The molecule has 0 bridgehead atoms. The Balaban J connectivity index is 1.50. The Morgan fingerprint density at radius 3 is 2.33 bits per heavy atom. The summed E-state index contributed by atoms with van der Waals surface area (Å²) in [5.74, 6) is -2.33. The van der Waals surface area contributed by atoms with Gasteiger partial charge in [0.05, 0.1) is 23.6 Å². The summed E-state index contributed by atoms with van der Waals surface area (Å²) in [7, 11) is 0. The molecule has 8 heteroatoms. The van der Waals surface area contributed by atoms with E-state index in [1.165, 1.54) is 4.90 Å². The van der Waals surface area contributed by atoms with Crippen molar-refractivity contribution < 1.29 is 28.7 Å². The van der Waals surface area contributed by atoms with Crippen molar-refractivity contribution in [2.45, 2.75) is 39.3 Å². The van der Waals surface area contributed by atoms with E-state index in [9.17, 15) is 19.2 Å². The van der Waals surface area contributed by atoms with Crippen LogP contribution in [0.1, 0.15) is 49.2 Å². The van der Waals surface area contributed by atoms with Gasteiger partial charge in [0.25, 0.3) is 5.91 Å². The molecule has 1 N–H and O–H groups in total. The molecule has 0 aliphatic carbocycles. The van der Waals surface area contributed by atoms with E-state index in [1.54, 1.807) is 38.1 Å². The fraction of sp³-hybridized carbons (Fsp3) is 0.360. The standard InChI is InChI=1S/C25H28N2O6/c1-16(2)33-25(31)19-9-11-21(12-10-19)27-14-20(13-23(27)29)24(30)32-15-22(28)26-17(3)18-7-5-4-6-8-18/h4-12,16-17,20H,13-15H2,1-3H3,(H,26,28)/t17-,20+/m0/s1. The zero-order valence-corrected chi connectivity index (χ0v) is 18.9. The van der Waals surface area contributed by atoms with Crippen LogP contribution in [0.25, 0.3) is 0 Å². The zero-order chi connectivity index (χ0) is 24.0. The van der Waals surface area contributed by atoms with Crippen LogP contribution in [0.4, 0.5) is 5.69 Å². The fourth-order valence-electron chi connectivity index (χ4n) is 3.54. The molecule has 8 nitrogen and oxygen atoms in total. The number of esters is 2. The lowest BCUT2D eigenvalue weighted by molar-refractivity contribution is -0.152. The Hall–Kier alpha value is -3.68. The molecule has 33 heavy (non-hydrogen) atoms. The SMILES string of the molecule is CC(C)OC(=O)c1ccc(N2C[C@H](C(=O)OCC(=O)N[C@@H](C)c3ccccc3)CC2=O)cc1. The van der Waals surface area contributed by atoms with Gasteiger partial charge in [0.2, 0.25) is 5.91 Å². The highest BCUT2D eigenvalue weighted by Gasteiger charge is 2.36. The Morgan fingerprint density at radius 2 is 1.70 bits per heavy atom. The summed E-state index contributed by atoms with van der Waals surface area (Å²) in [5, 5.41) is 2.78. The number of hydrogen-bond donors (Lipinski definition) is 1. The van der Waals surface area contributed by atoms with Crippen LogP contribution in [-0.4, -0.2) is 43.0 Å². The molecule has 0 saturated carbocycles. The van der Waals surface area contributed by atoms with Gasteiger partial charge < -0.3 is 19.7 Å². The van der Waals surface area contributed by atoms with Gasteiger partial charge in [-0.1, -0.05) is 30.3 Å². The van der Waals surface area contributed by atoms with E-state index >= 15 is 0 Å². The van der Waals surface area contributed by atoms with Crippen molar-refractivity contribution >= 4 is 29.4 Å². The second-order valence-corrected chi connectivity index (χ2v) is 8.21. The number of anilines is 1. The quantitative estimate of drug-likeness (QED) is 0.618. The van der Waals surface area contributed by atoms with Crippen LogP contribution < -0.4 is 10.2 Å². The van der Waals surface area contributed by atoms with Crippen molar-refractivity contribution in [2.24, 2.45) is 5.92 Å². The Kier molecular flexibility index (Phi) is 7.82. The van der Waals surface area contributed by atoms with Gasteiger partial charge in [-0.25, -0.2) is 4.79 Å². The van der Waals surface area contributed by atoms with Crippen LogP contribution in [0, 0.1) is 5.92 Å². The number of amides is 2. The number of benzene rings is 2. The van der Waals surface area contributed by atoms with Crippen LogP contribution in [0.5, 0.6) is 0 Å². The minimum absolute atomic E-state index is 0.00197. The molecular weight excluding hydrogens is 424 g/mol. The van der Waals surface area contributed by atoms with E-state index in [0.717, 1.165) is 5.56 Å². The first-order valence-electron chi connectivity index (χ1n) is 10.9. The number of ether oxygens (including phenoxy) is 2. The number of carbonyl (C=O) groups is 4. The largest absolute Gasteiger partial charge is 0.459 e. The lowest BCUT2D eigenvalue weighted by Crippen LogP contribution is -2.32. The molecule has 0 radical (unpaired) electrons. The van der Waals surface area contributed by atoms with Crippen LogP contribution >= 0.6 is 0 Å². The van der Waals surface area contributed by atoms with Crippen molar-refractivity contribution in [3.63, 3.8) is 0 Å². The molecule has 1 aliphatic heterocycles. The maximum atomic E-state index is 12.4. The summed E-state index contributed by atoms with van der Waals surface area (Å²) in [6.45, 7) is 5.11. The van der Waals surface area contributed by atoms with Gasteiger partial charge in [-0.2, -0.15) is 0 Å². The molecule has 3 rings (SSSR count). The van der Waals surface area contributed by atoms with Gasteiger partial charge in [-0.05, 0) is 50.6 Å². The van der Waals surface area contributed by atoms with Gasteiger partial charge in [-0.3, -0.25) is 14.4 Å². The third-order valence-electron chi connectivity index (χ3n) is 5.24. The Bertz CT molecular complexity index is 1000. The van der Waals surface area contributed by atoms with E-state index in [2.05, 4.69) is 5.32 Å². The van der Waals surface area contributed by atoms with Crippen LogP contribution in [-0.2, 0) is 23.9 Å². The molecule has 2 aromatic rings. The lowest BCUT2D eigenvalue weighted by atomic mass is 10.1. The van der Waals surface area contributed by atoms with Crippen LogP contribution in [0.2, 0.25) is 0 Å². The maximum Gasteiger partial charge on any atom is 0.338 e. The summed E-state index contributed by atoms with van der Waals surface area (Å²) in [6, 6.07) is 15.7. The Morgan fingerprint density at radius 1 is 1.03 bits per heavy atom. The number of hydrogen-bond acceptors (Lipinski definition) is 6. The molecule has 0 aromatic heterocycles. The van der Waals surface area contributed by atoms with E-state index in [-0.39, 0.29) is 31.0 Å². The molecule has 1 saturated heterocycles. The lowest BCUT2D eigenvalue weighted by Gasteiger charge is -2.17. The van der Waals surface area contributed by atoms with Crippen molar-refractivity contribution in [1.29, 1.82) is 0 Å². The van der Waals surface area contributed by atoms with Crippen molar-refractivity contribution in [2.75, 3.05) is 18.1 Å². The first-order chi connectivity index (χ1) is 15.7. The van der Waals surface area contributed by atoms with Crippen molar-refractivity contribution in [1.82, 2.24) is 5.32 Å². The molecule has 1 aliphatic rings. The zero-order valence-electron chi connectivity index (χ0n) is 18.9. The smallest absolute Gasteiger partial charge is 0.338 e. The monoisotopic (exact) mass is 452 g/mol. The summed E-state index contributed by atoms with van der Waals surface area (Å²) < 4.78 is 10.3. The highest BCUT2D eigenvalue weighted by atomic mass is 16.5. The summed E-state index contributed by atoms with van der Waals surface area (Å²) >= 11 is 0. The molecule has 2 aromatic carbocycles. The fourth-order valence-corrected chi connectivity index (χ4v) is 3.54.